The number of rotatable bonds is 13. The maximum atomic E-state index is 14.1. The van der Waals surface area contributed by atoms with Crippen LogP contribution in [0.5, 0.6) is 0 Å². The summed E-state index contributed by atoms with van der Waals surface area (Å²) in [5.41, 5.74) is 1.60. The Balaban J connectivity index is 3.49. The van der Waals surface area contributed by atoms with Crippen molar-refractivity contribution < 1.29 is 28.7 Å². The molecule has 3 atom stereocenters. The molecule has 0 aliphatic heterocycles. The third kappa shape index (κ3) is 9.84. The first-order valence-corrected chi connectivity index (χ1v) is 13.2. The lowest BCUT2D eigenvalue weighted by molar-refractivity contribution is -0.144. The molecule has 9 heteroatoms. The number of hydrogen-bond acceptors (Lipinski definition) is 6. The molecule has 0 aliphatic rings. The largest absolute Gasteiger partial charge is 0.466 e. The molecule has 0 heterocycles. The van der Waals surface area contributed by atoms with E-state index < -0.39 is 41.6 Å². The van der Waals surface area contributed by atoms with Crippen molar-refractivity contribution in [2.24, 2.45) is 5.92 Å². The zero-order valence-corrected chi connectivity index (χ0v) is 24.2. The molecule has 2 N–H and O–H groups in total. The van der Waals surface area contributed by atoms with Crippen molar-refractivity contribution in [3.8, 4) is 0 Å². The number of amides is 3. The lowest BCUT2D eigenvalue weighted by Crippen LogP contribution is -2.55. The van der Waals surface area contributed by atoms with Crippen LogP contribution in [0.25, 0.3) is 0 Å². The van der Waals surface area contributed by atoms with Crippen molar-refractivity contribution in [3.05, 3.63) is 47.5 Å². The van der Waals surface area contributed by atoms with E-state index in [0.29, 0.717) is 12.0 Å². The van der Waals surface area contributed by atoms with Gasteiger partial charge in [-0.2, -0.15) is 0 Å². The van der Waals surface area contributed by atoms with Crippen LogP contribution in [-0.2, 0) is 23.9 Å². The first kappa shape index (κ1) is 32.7. The van der Waals surface area contributed by atoms with E-state index in [1.54, 1.807) is 33.8 Å². The van der Waals surface area contributed by atoms with E-state index in [9.17, 15) is 19.2 Å². The molecular formula is C29H45N3O6. The lowest BCUT2D eigenvalue weighted by atomic mass is 9.92. The maximum absolute atomic E-state index is 14.1. The quantitative estimate of drug-likeness (QED) is 0.289. The summed E-state index contributed by atoms with van der Waals surface area (Å²) in [7, 11) is 0. The molecule has 0 bridgehead atoms. The topological polar surface area (TPSA) is 114 Å². The van der Waals surface area contributed by atoms with Crippen LogP contribution in [0, 0.1) is 19.8 Å². The summed E-state index contributed by atoms with van der Waals surface area (Å²) in [6.45, 7) is 18.7. The number of benzene rings is 1. The molecule has 1 aromatic carbocycles. The van der Waals surface area contributed by atoms with Gasteiger partial charge in [0, 0.05) is 13.1 Å². The summed E-state index contributed by atoms with van der Waals surface area (Å²) in [5, 5.41) is 5.52. The van der Waals surface area contributed by atoms with Crippen LogP contribution in [0.1, 0.15) is 77.1 Å². The molecule has 0 radical (unpaired) electrons. The molecule has 3 unspecified atom stereocenters. The molecule has 0 aliphatic carbocycles. The Morgan fingerprint density at radius 1 is 1.11 bits per heavy atom. The summed E-state index contributed by atoms with van der Waals surface area (Å²) in [4.78, 5) is 53.7. The Hall–Kier alpha value is -3.36. The first-order chi connectivity index (χ1) is 17.8. The van der Waals surface area contributed by atoms with Crippen LogP contribution in [0.4, 0.5) is 4.79 Å². The molecular weight excluding hydrogens is 486 g/mol. The normalized spacial score (nSPS) is 13.5. The van der Waals surface area contributed by atoms with Gasteiger partial charge in [-0.1, -0.05) is 44.5 Å². The van der Waals surface area contributed by atoms with E-state index in [1.807, 2.05) is 45.9 Å². The third-order valence-corrected chi connectivity index (χ3v) is 6.07. The van der Waals surface area contributed by atoms with E-state index in [0.717, 1.165) is 11.1 Å². The first-order valence-electron chi connectivity index (χ1n) is 13.2. The minimum absolute atomic E-state index is 0.00412. The Labute approximate surface area is 227 Å². The molecule has 38 heavy (non-hydrogen) atoms. The highest BCUT2D eigenvalue weighted by Gasteiger charge is 2.38. The second-order valence-corrected chi connectivity index (χ2v) is 10.3. The van der Waals surface area contributed by atoms with Crippen LogP contribution in [0.15, 0.2) is 30.9 Å². The fraction of sp³-hybridized carbons (Fsp3) is 0.586. The van der Waals surface area contributed by atoms with Crippen LogP contribution in [0.3, 0.4) is 0 Å². The minimum Gasteiger partial charge on any atom is -0.466 e. The second kappa shape index (κ2) is 15.1. The number of nitrogens with one attached hydrogen (secondary N) is 2. The average Bonchev–Trinajstić information content (AvgIpc) is 2.82. The molecule has 0 saturated heterocycles. The molecule has 0 aromatic heterocycles. The van der Waals surface area contributed by atoms with Gasteiger partial charge in [-0.15, -0.1) is 6.58 Å². The van der Waals surface area contributed by atoms with E-state index in [2.05, 4.69) is 17.2 Å². The number of carbonyl (C=O) groups is 4. The Bertz CT molecular complexity index is 965. The van der Waals surface area contributed by atoms with Crippen molar-refractivity contribution >= 4 is 23.9 Å². The second-order valence-electron chi connectivity index (χ2n) is 10.3. The van der Waals surface area contributed by atoms with Gasteiger partial charge in [0.25, 0.3) is 0 Å². The Morgan fingerprint density at radius 2 is 1.71 bits per heavy atom. The van der Waals surface area contributed by atoms with Gasteiger partial charge in [-0.25, -0.2) is 4.79 Å². The van der Waals surface area contributed by atoms with Gasteiger partial charge in [0.05, 0.1) is 13.0 Å². The molecule has 1 rings (SSSR count). The van der Waals surface area contributed by atoms with Gasteiger partial charge >= 0.3 is 12.1 Å². The van der Waals surface area contributed by atoms with E-state index in [1.165, 1.54) is 4.90 Å². The van der Waals surface area contributed by atoms with Crippen molar-refractivity contribution in [1.82, 2.24) is 15.5 Å². The summed E-state index contributed by atoms with van der Waals surface area (Å²) in [6.07, 6.45) is 1.45. The van der Waals surface area contributed by atoms with Crippen molar-refractivity contribution in [3.63, 3.8) is 0 Å². The van der Waals surface area contributed by atoms with Gasteiger partial charge in [-0.05, 0) is 64.2 Å². The Kier molecular flexibility index (Phi) is 13.0. The summed E-state index contributed by atoms with van der Waals surface area (Å²) < 4.78 is 10.4. The highest BCUT2D eigenvalue weighted by Crippen LogP contribution is 2.29. The highest BCUT2D eigenvalue weighted by molar-refractivity contribution is 5.93. The molecule has 0 spiro atoms. The number of esters is 1. The van der Waals surface area contributed by atoms with Gasteiger partial charge in [0.1, 0.15) is 17.7 Å². The van der Waals surface area contributed by atoms with Crippen LogP contribution in [0.2, 0.25) is 0 Å². The third-order valence-electron chi connectivity index (χ3n) is 6.07. The fourth-order valence-corrected chi connectivity index (χ4v) is 4.06. The van der Waals surface area contributed by atoms with Gasteiger partial charge in [0.2, 0.25) is 11.8 Å². The smallest absolute Gasteiger partial charge is 0.408 e. The van der Waals surface area contributed by atoms with Crippen molar-refractivity contribution in [2.45, 2.75) is 85.9 Å². The predicted octanol–water partition coefficient (Wildman–Crippen LogP) is 4.37. The van der Waals surface area contributed by atoms with Crippen molar-refractivity contribution in [1.29, 1.82) is 0 Å². The van der Waals surface area contributed by atoms with E-state index >= 15 is 0 Å². The van der Waals surface area contributed by atoms with E-state index in [-0.39, 0.29) is 32.0 Å². The molecule has 9 nitrogen and oxygen atoms in total. The maximum Gasteiger partial charge on any atom is 0.408 e. The molecule has 0 saturated carbocycles. The van der Waals surface area contributed by atoms with Gasteiger partial charge in [0.15, 0.2) is 0 Å². The summed E-state index contributed by atoms with van der Waals surface area (Å²) in [6, 6.07) is 3.69. The van der Waals surface area contributed by atoms with Gasteiger partial charge in [-0.3, -0.25) is 14.4 Å². The van der Waals surface area contributed by atoms with Crippen LogP contribution in [-0.4, -0.2) is 60.1 Å². The summed E-state index contributed by atoms with van der Waals surface area (Å²) in [5.74, 6) is -1.54. The zero-order valence-electron chi connectivity index (χ0n) is 24.2. The number of ether oxygens (including phenoxy) is 2. The molecule has 212 valence electrons. The number of aryl methyl sites for hydroxylation is 2. The standard InChI is InChI=1S/C29H45N3O6/c1-10-18-32(27(35)24(19(4)11-2)31-28(36)38-29(7,8)9)25(23-20(5)14-13-15-21(23)6)26(34)30-17-16-22(33)37-12-3/h10,13-15,19,24-25H,1,11-12,16-18H2,2-9H3,(H,30,34)(H,31,36). The van der Waals surface area contributed by atoms with Gasteiger partial charge < -0.3 is 25.0 Å². The number of nitrogens with zero attached hydrogens (tertiary/aromatic N) is 1. The molecule has 3 amide bonds. The number of alkyl carbamates (subject to hydrolysis) is 1. The van der Waals surface area contributed by atoms with Crippen LogP contribution < -0.4 is 10.6 Å². The number of carbonyl (C=O) groups excluding carboxylic acids is 4. The predicted molar refractivity (Wildman–Crippen MR) is 147 cm³/mol. The Morgan fingerprint density at radius 3 is 2.21 bits per heavy atom. The molecule has 0 fully saturated rings. The minimum atomic E-state index is -1.02. The number of hydrogen-bond donors (Lipinski definition) is 2. The molecule has 1 aromatic rings. The SMILES string of the molecule is C=CCN(C(=O)C(NC(=O)OC(C)(C)C)C(C)CC)C(C(=O)NCCC(=O)OCC)c1c(C)cccc1C. The van der Waals surface area contributed by atoms with Crippen LogP contribution >= 0.6 is 0 Å². The highest BCUT2D eigenvalue weighted by atomic mass is 16.6. The summed E-state index contributed by atoms with van der Waals surface area (Å²) >= 11 is 0. The zero-order chi connectivity index (χ0) is 29.0. The monoisotopic (exact) mass is 531 g/mol. The lowest BCUT2D eigenvalue weighted by Gasteiger charge is -2.36. The average molecular weight is 532 g/mol. The van der Waals surface area contributed by atoms with Crippen molar-refractivity contribution in [2.75, 3.05) is 19.7 Å². The fourth-order valence-electron chi connectivity index (χ4n) is 4.06. The van der Waals surface area contributed by atoms with E-state index in [4.69, 9.17) is 9.47 Å².